The molecular formula is C15H22N2O2. The van der Waals surface area contributed by atoms with Crippen LogP contribution in [-0.2, 0) is 4.79 Å². The quantitative estimate of drug-likeness (QED) is 0.879. The fourth-order valence-corrected chi connectivity index (χ4v) is 2.59. The third kappa shape index (κ3) is 3.26. The Morgan fingerprint density at radius 2 is 2.26 bits per heavy atom. The molecule has 0 aromatic heterocycles. The van der Waals surface area contributed by atoms with Crippen molar-refractivity contribution in [3.05, 3.63) is 23.8 Å². The van der Waals surface area contributed by atoms with Crippen LogP contribution in [0.15, 0.2) is 18.2 Å². The maximum atomic E-state index is 12.3. The summed E-state index contributed by atoms with van der Waals surface area (Å²) >= 11 is 0. The maximum absolute atomic E-state index is 12.3. The molecule has 0 aliphatic carbocycles. The number of rotatable bonds is 3. The first-order valence-corrected chi connectivity index (χ1v) is 6.80. The Balaban J connectivity index is 2.04. The fourth-order valence-electron chi connectivity index (χ4n) is 2.59. The minimum Gasteiger partial charge on any atom is -0.496 e. The van der Waals surface area contributed by atoms with Crippen molar-refractivity contribution in [3.63, 3.8) is 0 Å². The second-order valence-electron chi connectivity index (χ2n) is 5.17. The second kappa shape index (κ2) is 6.06. The Morgan fingerprint density at radius 1 is 1.47 bits per heavy atom. The van der Waals surface area contributed by atoms with E-state index in [9.17, 15) is 4.79 Å². The number of hydrogen-bond donors (Lipinski definition) is 2. The van der Waals surface area contributed by atoms with Crippen LogP contribution in [-0.4, -0.2) is 25.6 Å². The van der Waals surface area contributed by atoms with Crippen LogP contribution in [0.4, 0.5) is 5.69 Å². The van der Waals surface area contributed by atoms with Crippen molar-refractivity contribution in [1.29, 1.82) is 0 Å². The normalized spacial score (nSPS) is 22.9. The first-order valence-electron chi connectivity index (χ1n) is 6.80. The summed E-state index contributed by atoms with van der Waals surface area (Å²) in [4.78, 5) is 12.3. The van der Waals surface area contributed by atoms with Crippen molar-refractivity contribution < 1.29 is 9.53 Å². The predicted molar refractivity (Wildman–Crippen MR) is 76.5 cm³/mol. The number of piperidine rings is 1. The van der Waals surface area contributed by atoms with Crippen LogP contribution in [0.2, 0.25) is 0 Å². The number of methoxy groups -OCH3 is 1. The lowest BCUT2D eigenvalue weighted by atomic mass is 9.91. The molecule has 1 fully saturated rings. The number of carbonyl (C=O) groups is 1. The molecule has 2 unspecified atom stereocenters. The van der Waals surface area contributed by atoms with Gasteiger partial charge in [0.05, 0.1) is 13.0 Å². The molecule has 1 amide bonds. The lowest BCUT2D eigenvalue weighted by Gasteiger charge is -2.28. The largest absolute Gasteiger partial charge is 0.496 e. The highest BCUT2D eigenvalue weighted by Gasteiger charge is 2.27. The Labute approximate surface area is 114 Å². The van der Waals surface area contributed by atoms with Crippen LogP contribution in [0.5, 0.6) is 5.75 Å². The van der Waals surface area contributed by atoms with Gasteiger partial charge in [0.15, 0.2) is 0 Å². The molecule has 4 heteroatoms. The van der Waals surface area contributed by atoms with Crippen molar-refractivity contribution in [3.8, 4) is 5.75 Å². The number of carbonyl (C=O) groups excluding carboxylic acids is 1. The number of amides is 1. The molecule has 1 aromatic rings. The molecule has 0 saturated carbocycles. The Bertz CT molecular complexity index is 459. The van der Waals surface area contributed by atoms with Crippen LogP contribution in [0, 0.1) is 12.8 Å². The molecule has 0 bridgehead atoms. The predicted octanol–water partition coefficient (Wildman–Crippen LogP) is 2.33. The first kappa shape index (κ1) is 13.9. The van der Waals surface area contributed by atoms with E-state index in [-0.39, 0.29) is 17.9 Å². The number of hydrogen-bond acceptors (Lipinski definition) is 3. The smallest absolute Gasteiger partial charge is 0.229 e. The summed E-state index contributed by atoms with van der Waals surface area (Å²) in [6, 6.07) is 5.95. The highest BCUT2D eigenvalue weighted by molar-refractivity contribution is 5.93. The van der Waals surface area contributed by atoms with Gasteiger partial charge in [-0.05, 0) is 57.0 Å². The monoisotopic (exact) mass is 262 g/mol. The van der Waals surface area contributed by atoms with Gasteiger partial charge >= 0.3 is 0 Å². The number of ether oxygens (including phenoxy) is 1. The number of nitrogens with one attached hydrogen (secondary N) is 2. The summed E-state index contributed by atoms with van der Waals surface area (Å²) in [6.45, 7) is 5.05. The van der Waals surface area contributed by atoms with E-state index in [2.05, 4.69) is 17.6 Å². The zero-order valence-corrected chi connectivity index (χ0v) is 11.8. The van der Waals surface area contributed by atoms with Gasteiger partial charge in [0.2, 0.25) is 5.91 Å². The summed E-state index contributed by atoms with van der Waals surface area (Å²) in [5.74, 6) is 0.992. The molecule has 2 N–H and O–H groups in total. The number of anilines is 1. The molecule has 0 radical (unpaired) electrons. The Hall–Kier alpha value is -1.55. The molecular weight excluding hydrogens is 240 g/mol. The van der Waals surface area contributed by atoms with Crippen LogP contribution in [0.3, 0.4) is 0 Å². The van der Waals surface area contributed by atoms with Crippen molar-refractivity contribution in [2.24, 2.45) is 5.92 Å². The van der Waals surface area contributed by atoms with Crippen molar-refractivity contribution in [1.82, 2.24) is 5.32 Å². The molecule has 1 aliphatic heterocycles. The summed E-state index contributed by atoms with van der Waals surface area (Å²) in [7, 11) is 1.65. The molecule has 1 saturated heterocycles. The molecule has 1 aliphatic rings. The Kier molecular flexibility index (Phi) is 4.43. The van der Waals surface area contributed by atoms with Gasteiger partial charge in [-0.25, -0.2) is 0 Å². The van der Waals surface area contributed by atoms with E-state index in [1.807, 2.05) is 25.1 Å². The molecule has 1 aromatic carbocycles. The van der Waals surface area contributed by atoms with Gasteiger partial charge in [-0.1, -0.05) is 0 Å². The summed E-state index contributed by atoms with van der Waals surface area (Å²) in [5, 5.41) is 6.35. The molecule has 4 nitrogen and oxygen atoms in total. The van der Waals surface area contributed by atoms with Crippen molar-refractivity contribution >= 4 is 11.6 Å². The van der Waals surface area contributed by atoms with Gasteiger partial charge in [0, 0.05) is 11.7 Å². The first-order chi connectivity index (χ1) is 9.11. The van der Waals surface area contributed by atoms with E-state index < -0.39 is 0 Å². The molecule has 1 heterocycles. The van der Waals surface area contributed by atoms with E-state index in [0.29, 0.717) is 0 Å². The van der Waals surface area contributed by atoms with Gasteiger partial charge in [0.1, 0.15) is 5.75 Å². The highest BCUT2D eigenvalue weighted by atomic mass is 16.5. The van der Waals surface area contributed by atoms with Crippen LogP contribution in [0.1, 0.15) is 25.3 Å². The minimum atomic E-state index is 0.0520. The van der Waals surface area contributed by atoms with E-state index in [0.717, 1.165) is 36.4 Å². The zero-order chi connectivity index (χ0) is 13.8. The second-order valence-corrected chi connectivity index (χ2v) is 5.17. The summed E-state index contributed by atoms with van der Waals surface area (Å²) in [6.07, 6.45) is 2.01. The van der Waals surface area contributed by atoms with Gasteiger partial charge < -0.3 is 15.4 Å². The van der Waals surface area contributed by atoms with E-state index in [1.54, 1.807) is 7.11 Å². The van der Waals surface area contributed by atoms with Gasteiger partial charge in [-0.15, -0.1) is 0 Å². The van der Waals surface area contributed by atoms with E-state index >= 15 is 0 Å². The lowest BCUT2D eigenvalue weighted by Crippen LogP contribution is -2.44. The molecule has 2 atom stereocenters. The molecule has 2 rings (SSSR count). The SMILES string of the molecule is COc1ccc(NC(=O)C2CCCNC2C)cc1C. The standard InChI is InChI=1S/C15H22N2O2/c1-10-9-12(6-7-14(10)19-3)17-15(18)13-5-4-8-16-11(13)2/h6-7,9,11,13,16H,4-5,8H2,1-3H3,(H,17,18). The summed E-state index contributed by atoms with van der Waals surface area (Å²) in [5.41, 5.74) is 1.86. The third-order valence-electron chi connectivity index (χ3n) is 3.76. The molecule has 104 valence electrons. The van der Waals surface area contributed by atoms with Gasteiger partial charge in [-0.2, -0.15) is 0 Å². The maximum Gasteiger partial charge on any atom is 0.229 e. The topological polar surface area (TPSA) is 50.4 Å². The average Bonchev–Trinajstić information content (AvgIpc) is 2.39. The van der Waals surface area contributed by atoms with E-state index in [4.69, 9.17) is 4.74 Å². The van der Waals surface area contributed by atoms with E-state index in [1.165, 1.54) is 0 Å². The third-order valence-corrected chi connectivity index (χ3v) is 3.76. The lowest BCUT2D eigenvalue weighted by molar-refractivity contribution is -0.121. The number of aryl methyl sites for hydroxylation is 1. The van der Waals surface area contributed by atoms with Crippen molar-refractivity contribution in [2.75, 3.05) is 19.0 Å². The van der Waals surface area contributed by atoms with Crippen LogP contribution < -0.4 is 15.4 Å². The van der Waals surface area contributed by atoms with Gasteiger partial charge in [-0.3, -0.25) is 4.79 Å². The molecule has 0 spiro atoms. The van der Waals surface area contributed by atoms with Crippen LogP contribution >= 0.6 is 0 Å². The average molecular weight is 262 g/mol. The highest BCUT2D eigenvalue weighted by Crippen LogP contribution is 2.23. The van der Waals surface area contributed by atoms with Crippen LogP contribution in [0.25, 0.3) is 0 Å². The minimum absolute atomic E-state index is 0.0520. The zero-order valence-electron chi connectivity index (χ0n) is 11.8. The fraction of sp³-hybridized carbons (Fsp3) is 0.533. The van der Waals surface area contributed by atoms with Gasteiger partial charge in [0.25, 0.3) is 0 Å². The molecule has 19 heavy (non-hydrogen) atoms. The van der Waals surface area contributed by atoms with Crippen molar-refractivity contribution in [2.45, 2.75) is 32.7 Å². The Morgan fingerprint density at radius 3 is 2.89 bits per heavy atom. The number of benzene rings is 1. The summed E-state index contributed by atoms with van der Waals surface area (Å²) < 4.78 is 5.22.